The minimum Gasteiger partial charge on any atom is -0.342 e. The van der Waals surface area contributed by atoms with Gasteiger partial charge in [-0.2, -0.15) is 0 Å². The van der Waals surface area contributed by atoms with Crippen molar-refractivity contribution in [3.8, 4) is 0 Å². The van der Waals surface area contributed by atoms with Crippen LogP contribution in [0.4, 0.5) is 0 Å². The summed E-state index contributed by atoms with van der Waals surface area (Å²) < 4.78 is 0. The lowest BCUT2D eigenvalue weighted by atomic mass is 9.73. The van der Waals surface area contributed by atoms with Gasteiger partial charge in [0.2, 0.25) is 5.91 Å². The van der Waals surface area contributed by atoms with E-state index in [4.69, 9.17) is 0 Å². The molecule has 2 aliphatic rings. The van der Waals surface area contributed by atoms with Gasteiger partial charge in [-0.3, -0.25) is 9.59 Å². The third-order valence-electron chi connectivity index (χ3n) is 5.70. The highest BCUT2D eigenvalue weighted by atomic mass is 16.2. The molecule has 1 unspecified atom stereocenters. The highest BCUT2D eigenvalue weighted by molar-refractivity contribution is 5.97. The summed E-state index contributed by atoms with van der Waals surface area (Å²) in [6.07, 6.45) is 5.30. The normalized spacial score (nSPS) is 24.3. The van der Waals surface area contributed by atoms with E-state index >= 15 is 0 Å². The van der Waals surface area contributed by atoms with E-state index in [-0.39, 0.29) is 17.2 Å². The van der Waals surface area contributed by atoms with E-state index in [1.807, 2.05) is 34.9 Å². The fourth-order valence-corrected chi connectivity index (χ4v) is 4.35. The molecule has 0 radical (unpaired) electrons. The largest absolute Gasteiger partial charge is 0.342 e. The zero-order valence-electron chi connectivity index (χ0n) is 14.6. The van der Waals surface area contributed by atoms with Crippen molar-refractivity contribution < 1.29 is 9.59 Å². The van der Waals surface area contributed by atoms with Gasteiger partial charge < -0.3 is 14.8 Å². The quantitative estimate of drug-likeness (QED) is 0.913. The molecule has 0 aromatic carbocycles. The third-order valence-corrected chi connectivity index (χ3v) is 5.70. The molecule has 2 aliphatic heterocycles. The Bertz CT molecular complexity index is 782. The Kier molecular flexibility index (Phi) is 3.98. The summed E-state index contributed by atoms with van der Waals surface area (Å²) in [5.74, 6) is 0.287. The summed E-state index contributed by atoms with van der Waals surface area (Å²) in [6.45, 7) is 5.07. The predicted octanol–water partition coefficient (Wildman–Crippen LogP) is 2.43. The number of nitrogens with zero attached hydrogens (tertiary/aromatic N) is 3. The van der Waals surface area contributed by atoms with Crippen molar-refractivity contribution in [1.29, 1.82) is 0 Å². The van der Waals surface area contributed by atoms with Gasteiger partial charge in [0, 0.05) is 49.6 Å². The first-order valence-electron chi connectivity index (χ1n) is 9.11. The second kappa shape index (κ2) is 6.17. The number of pyridine rings is 1. The first-order valence-corrected chi connectivity index (χ1v) is 9.11. The van der Waals surface area contributed by atoms with Crippen molar-refractivity contribution >= 4 is 22.8 Å². The van der Waals surface area contributed by atoms with E-state index in [9.17, 15) is 9.59 Å². The molecule has 2 saturated heterocycles. The summed E-state index contributed by atoms with van der Waals surface area (Å²) in [5, 5.41) is 0.956. The molecule has 1 atom stereocenters. The number of H-pyrrole nitrogens is 1. The van der Waals surface area contributed by atoms with E-state index in [0.29, 0.717) is 12.1 Å². The molecule has 2 amide bonds. The van der Waals surface area contributed by atoms with Crippen LogP contribution in [0.15, 0.2) is 24.4 Å². The van der Waals surface area contributed by atoms with Gasteiger partial charge in [-0.05, 0) is 44.4 Å². The van der Waals surface area contributed by atoms with Gasteiger partial charge in [-0.15, -0.1) is 0 Å². The van der Waals surface area contributed by atoms with Crippen LogP contribution in [0.25, 0.3) is 11.0 Å². The van der Waals surface area contributed by atoms with Crippen LogP contribution in [-0.2, 0) is 4.79 Å². The molecular formula is C19H24N4O2. The lowest BCUT2D eigenvalue weighted by molar-refractivity contribution is -0.138. The summed E-state index contributed by atoms with van der Waals surface area (Å²) in [7, 11) is 0. The molecule has 1 N–H and O–H groups in total. The Balaban J connectivity index is 1.54. The van der Waals surface area contributed by atoms with Gasteiger partial charge in [0.25, 0.3) is 5.91 Å². The van der Waals surface area contributed by atoms with Crippen molar-refractivity contribution in [2.45, 2.75) is 32.6 Å². The maximum Gasteiger partial charge on any atom is 0.270 e. The Morgan fingerprint density at radius 1 is 1.36 bits per heavy atom. The van der Waals surface area contributed by atoms with Crippen molar-refractivity contribution in [3.05, 3.63) is 30.1 Å². The third kappa shape index (κ3) is 2.90. The summed E-state index contributed by atoms with van der Waals surface area (Å²) in [6, 6.07) is 5.71. The number of hydrogen-bond acceptors (Lipinski definition) is 3. The molecule has 2 fully saturated rings. The van der Waals surface area contributed by atoms with Gasteiger partial charge in [0.1, 0.15) is 11.3 Å². The molecular weight excluding hydrogens is 316 g/mol. The van der Waals surface area contributed by atoms with Gasteiger partial charge in [0.15, 0.2) is 0 Å². The Hall–Kier alpha value is -2.37. The number of aromatic amines is 1. The first kappa shape index (κ1) is 16.1. The second-order valence-corrected chi connectivity index (χ2v) is 7.36. The number of nitrogens with one attached hydrogen (secondary N) is 1. The number of aromatic nitrogens is 2. The van der Waals surface area contributed by atoms with E-state index in [2.05, 4.69) is 9.97 Å². The van der Waals surface area contributed by atoms with Crippen LogP contribution < -0.4 is 0 Å². The average molecular weight is 340 g/mol. The molecule has 4 rings (SSSR count). The van der Waals surface area contributed by atoms with Crippen LogP contribution >= 0.6 is 0 Å². The number of hydrogen-bond donors (Lipinski definition) is 1. The average Bonchev–Trinajstić information content (AvgIpc) is 3.07. The molecule has 0 aliphatic carbocycles. The van der Waals surface area contributed by atoms with Crippen LogP contribution in [0, 0.1) is 5.41 Å². The van der Waals surface area contributed by atoms with E-state index in [0.717, 1.165) is 56.5 Å². The summed E-state index contributed by atoms with van der Waals surface area (Å²) in [4.78, 5) is 36.3. The Morgan fingerprint density at radius 2 is 2.24 bits per heavy atom. The topological polar surface area (TPSA) is 69.3 Å². The molecule has 0 saturated carbocycles. The molecule has 2 aromatic rings. The molecule has 4 heterocycles. The van der Waals surface area contributed by atoms with Gasteiger partial charge in [-0.25, -0.2) is 4.98 Å². The molecule has 132 valence electrons. The van der Waals surface area contributed by atoms with Crippen molar-refractivity contribution in [2.75, 3.05) is 26.2 Å². The smallest absolute Gasteiger partial charge is 0.270 e. The zero-order chi connectivity index (χ0) is 17.4. The highest BCUT2D eigenvalue weighted by Gasteiger charge is 2.42. The SMILES string of the molecule is CCN1CC2(CCCN(C(=O)c3cc4cccnc4[nH]3)C2)CCC1=O. The minimum atomic E-state index is 0.0389. The lowest BCUT2D eigenvalue weighted by Crippen LogP contribution is -2.55. The number of carbonyl (C=O) groups excluding carboxylic acids is 2. The maximum atomic E-state index is 13.0. The van der Waals surface area contributed by atoms with Crippen molar-refractivity contribution in [1.82, 2.24) is 19.8 Å². The molecule has 6 heteroatoms. The van der Waals surface area contributed by atoms with Gasteiger partial charge in [-0.1, -0.05) is 0 Å². The number of carbonyl (C=O) groups is 2. The van der Waals surface area contributed by atoms with Gasteiger partial charge >= 0.3 is 0 Å². The minimum absolute atomic E-state index is 0.0389. The predicted molar refractivity (Wildman–Crippen MR) is 95.2 cm³/mol. The summed E-state index contributed by atoms with van der Waals surface area (Å²) >= 11 is 0. The summed E-state index contributed by atoms with van der Waals surface area (Å²) in [5.41, 5.74) is 1.41. The van der Waals surface area contributed by atoms with Gasteiger partial charge in [0.05, 0.1) is 0 Å². The van der Waals surface area contributed by atoms with Crippen LogP contribution in [-0.4, -0.2) is 57.8 Å². The molecule has 6 nitrogen and oxygen atoms in total. The zero-order valence-corrected chi connectivity index (χ0v) is 14.6. The van der Waals surface area contributed by atoms with E-state index in [1.54, 1.807) is 6.20 Å². The number of piperidine rings is 2. The van der Waals surface area contributed by atoms with Crippen LogP contribution in [0.5, 0.6) is 0 Å². The number of fused-ring (bicyclic) bond motifs is 1. The highest BCUT2D eigenvalue weighted by Crippen LogP contribution is 2.39. The monoisotopic (exact) mass is 340 g/mol. The fraction of sp³-hybridized carbons (Fsp3) is 0.526. The number of amides is 2. The fourth-order valence-electron chi connectivity index (χ4n) is 4.35. The Labute approximate surface area is 147 Å². The Morgan fingerprint density at radius 3 is 3.04 bits per heavy atom. The molecule has 2 aromatic heterocycles. The maximum absolute atomic E-state index is 13.0. The number of likely N-dealkylation sites (tertiary alicyclic amines) is 2. The molecule has 0 bridgehead atoms. The first-order chi connectivity index (χ1) is 12.1. The standard InChI is InChI=1S/C19H24N4O2/c1-2-22-12-19(8-6-16(22)24)7-4-10-23(13-19)18(25)15-11-14-5-3-9-20-17(14)21-15/h3,5,9,11H,2,4,6-8,10,12-13H2,1H3,(H,20,21). The van der Waals surface area contributed by atoms with Crippen LogP contribution in [0.3, 0.4) is 0 Å². The van der Waals surface area contributed by atoms with Crippen molar-refractivity contribution in [3.63, 3.8) is 0 Å². The lowest BCUT2D eigenvalue weighted by Gasteiger charge is -2.48. The van der Waals surface area contributed by atoms with Crippen LogP contribution in [0.2, 0.25) is 0 Å². The molecule has 25 heavy (non-hydrogen) atoms. The van der Waals surface area contributed by atoms with E-state index < -0.39 is 0 Å². The van der Waals surface area contributed by atoms with E-state index in [1.165, 1.54) is 0 Å². The second-order valence-electron chi connectivity index (χ2n) is 7.36. The van der Waals surface area contributed by atoms with Crippen LogP contribution in [0.1, 0.15) is 43.1 Å². The molecule has 1 spiro atoms. The van der Waals surface area contributed by atoms with Crippen molar-refractivity contribution in [2.24, 2.45) is 5.41 Å². The number of rotatable bonds is 2.